The first-order valence-corrected chi connectivity index (χ1v) is 9.66. The number of halogens is 1. The van der Waals surface area contributed by atoms with E-state index in [4.69, 9.17) is 0 Å². The molecule has 3 rings (SSSR count). The van der Waals surface area contributed by atoms with E-state index in [-0.39, 0.29) is 29.6 Å². The number of sulfonamides is 1. The Morgan fingerprint density at radius 1 is 1.35 bits per heavy atom. The first-order valence-electron chi connectivity index (χ1n) is 8.22. The zero-order valence-corrected chi connectivity index (χ0v) is 15.3. The van der Waals surface area contributed by atoms with Gasteiger partial charge >= 0.3 is 5.97 Å². The monoisotopic (exact) mass is 381 g/mol. The third kappa shape index (κ3) is 3.49. The zero-order valence-electron chi connectivity index (χ0n) is 14.5. The molecule has 1 aromatic carbocycles. The number of rotatable bonds is 4. The van der Waals surface area contributed by atoms with Crippen molar-refractivity contribution in [1.29, 1.82) is 0 Å². The van der Waals surface area contributed by atoms with E-state index < -0.39 is 27.7 Å². The molecule has 9 heteroatoms. The summed E-state index contributed by atoms with van der Waals surface area (Å²) >= 11 is 0. The second-order valence-corrected chi connectivity index (χ2v) is 8.71. The molecule has 1 saturated heterocycles. The normalized spacial score (nSPS) is 21.7. The number of aromatic nitrogens is 2. The third-order valence-corrected chi connectivity index (χ3v) is 6.32. The molecule has 0 radical (unpaired) electrons. The lowest BCUT2D eigenvalue weighted by atomic mass is 9.92. The van der Waals surface area contributed by atoms with Gasteiger partial charge in [0, 0.05) is 19.3 Å². The highest BCUT2D eigenvalue weighted by atomic mass is 32.2. The fourth-order valence-corrected chi connectivity index (χ4v) is 4.82. The topological polar surface area (TPSA) is 92.5 Å². The van der Waals surface area contributed by atoms with Crippen molar-refractivity contribution in [2.45, 2.75) is 25.2 Å². The number of hydrogen-bond donors (Lipinski definition) is 1. The van der Waals surface area contributed by atoms with Crippen LogP contribution >= 0.6 is 0 Å². The van der Waals surface area contributed by atoms with Gasteiger partial charge in [-0.05, 0) is 43.0 Å². The summed E-state index contributed by atoms with van der Waals surface area (Å²) in [7, 11) is -3.98. The molecule has 2 atom stereocenters. The molecule has 2 unspecified atom stereocenters. The van der Waals surface area contributed by atoms with Gasteiger partial charge in [-0.1, -0.05) is 6.92 Å². The van der Waals surface area contributed by atoms with Crippen LogP contribution in [0.4, 0.5) is 4.39 Å². The molecule has 26 heavy (non-hydrogen) atoms. The Hall–Kier alpha value is -2.26. The van der Waals surface area contributed by atoms with Crippen LogP contribution in [0.1, 0.15) is 18.9 Å². The summed E-state index contributed by atoms with van der Waals surface area (Å²) in [6.45, 7) is 3.73. The molecule has 1 aliphatic heterocycles. The molecule has 0 amide bonds. The number of hydrogen-bond acceptors (Lipinski definition) is 4. The van der Waals surface area contributed by atoms with Gasteiger partial charge in [-0.15, -0.1) is 0 Å². The molecule has 0 saturated carbocycles. The van der Waals surface area contributed by atoms with E-state index in [1.807, 2.05) is 6.92 Å². The third-order valence-electron chi connectivity index (χ3n) is 4.49. The summed E-state index contributed by atoms with van der Waals surface area (Å²) in [5, 5.41) is 13.2. The lowest BCUT2D eigenvalue weighted by molar-refractivity contribution is -0.143. The molecule has 1 fully saturated rings. The van der Waals surface area contributed by atoms with Crippen molar-refractivity contribution in [3.63, 3.8) is 0 Å². The van der Waals surface area contributed by atoms with Crippen LogP contribution in [0.2, 0.25) is 0 Å². The average molecular weight is 381 g/mol. The van der Waals surface area contributed by atoms with E-state index in [9.17, 15) is 22.7 Å². The number of aliphatic carboxylic acids is 1. The van der Waals surface area contributed by atoms with E-state index in [0.717, 1.165) is 15.9 Å². The molecule has 0 spiro atoms. The summed E-state index contributed by atoms with van der Waals surface area (Å²) in [5.74, 6) is -2.58. The summed E-state index contributed by atoms with van der Waals surface area (Å²) in [5.41, 5.74) is 0.996. The Balaban J connectivity index is 1.92. The van der Waals surface area contributed by atoms with Crippen LogP contribution in [0.25, 0.3) is 5.69 Å². The Kier molecular flexibility index (Phi) is 4.85. The number of aryl methyl sites for hydroxylation is 1. The van der Waals surface area contributed by atoms with Gasteiger partial charge in [0.25, 0.3) is 0 Å². The minimum atomic E-state index is -3.98. The summed E-state index contributed by atoms with van der Waals surface area (Å²) in [6.07, 6.45) is 3.63. The number of benzene rings is 1. The molecule has 1 aromatic heterocycles. The summed E-state index contributed by atoms with van der Waals surface area (Å²) in [4.78, 5) is 11.1. The molecule has 2 aromatic rings. The van der Waals surface area contributed by atoms with Crippen molar-refractivity contribution in [3.05, 3.63) is 42.0 Å². The van der Waals surface area contributed by atoms with Gasteiger partial charge in [0.1, 0.15) is 11.5 Å². The van der Waals surface area contributed by atoms with Gasteiger partial charge < -0.3 is 5.11 Å². The van der Waals surface area contributed by atoms with Crippen molar-refractivity contribution in [2.75, 3.05) is 13.1 Å². The first kappa shape index (κ1) is 18.5. The van der Waals surface area contributed by atoms with Crippen LogP contribution in [-0.4, -0.2) is 46.7 Å². The fourth-order valence-electron chi connectivity index (χ4n) is 3.21. The van der Waals surface area contributed by atoms with Crippen molar-refractivity contribution >= 4 is 16.0 Å². The number of piperidine rings is 1. The van der Waals surface area contributed by atoms with Crippen molar-refractivity contribution in [3.8, 4) is 5.69 Å². The van der Waals surface area contributed by atoms with E-state index in [1.165, 1.54) is 16.8 Å². The smallest absolute Gasteiger partial charge is 0.307 e. The quantitative estimate of drug-likeness (QED) is 0.875. The lowest BCUT2D eigenvalue weighted by Gasteiger charge is -2.33. The van der Waals surface area contributed by atoms with Gasteiger partial charge in [0.05, 0.1) is 17.0 Å². The maximum absolute atomic E-state index is 14.5. The highest BCUT2D eigenvalue weighted by Crippen LogP contribution is 2.28. The van der Waals surface area contributed by atoms with E-state index >= 15 is 0 Å². The second kappa shape index (κ2) is 6.81. The van der Waals surface area contributed by atoms with Crippen molar-refractivity contribution in [2.24, 2.45) is 11.8 Å². The predicted octanol–water partition coefficient (Wildman–Crippen LogP) is 2.05. The second-order valence-electron chi connectivity index (χ2n) is 6.77. The number of carbonyl (C=O) groups is 1. The van der Waals surface area contributed by atoms with Crippen LogP contribution in [0.15, 0.2) is 35.5 Å². The Labute approximate surface area is 151 Å². The van der Waals surface area contributed by atoms with Crippen molar-refractivity contribution in [1.82, 2.24) is 14.1 Å². The van der Waals surface area contributed by atoms with Crippen LogP contribution in [0.3, 0.4) is 0 Å². The molecule has 1 N–H and O–H groups in total. The molecule has 7 nitrogen and oxygen atoms in total. The zero-order chi connectivity index (χ0) is 19.1. The molecule has 140 valence electrons. The average Bonchev–Trinajstić information content (AvgIpc) is 3.00. The minimum Gasteiger partial charge on any atom is -0.481 e. The molecular weight excluding hydrogens is 361 g/mol. The lowest BCUT2D eigenvalue weighted by Crippen LogP contribution is -2.45. The molecule has 2 heterocycles. The molecule has 0 bridgehead atoms. The SMILES string of the molecule is Cc1cnn(-c2ccc(S(=O)(=O)N3CC(C)CC(C(=O)O)C3)cc2F)c1. The van der Waals surface area contributed by atoms with Gasteiger partial charge in [0.2, 0.25) is 10.0 Å². The van der Waals surface area contributed by atoms with Crippen LogP contribution in [0.5, 0.6) is 0 Å². The van der Waals surface area contributed by atoms with Crippen LogP contribution in [-0.2, 0) is 14.8 Å². The predicted molar refractivity (Wildman–Crippen MR) is 91.9 cm³/mol. The Morgan fingerprint density at radius 3 is 2.65 bits per heavy atom. The van der Waals surface area contributed by atoms with Gasteiger partial charge in [-0.2, -0.15) is 9.40 Å². The fraction of sp³-hybridized carbons (Fsp3) is 0.412. The molecule has 1 aliphatic rings. The van der Waals surface area contributed by atoms with Gasteiger partial charge in [0.15, 0.2) is 0 Å². The highest BCUT2D eigenvalue weighted by Gasteiger charge is 2.36. The number of carboxylic acid groups (broad SMARTS) is 1. The largest absolute Gasteiger partial charge is 0.481 e. The summed E-state index contributed by atoms with van der Waals surface area (Å²) in [6, 6.07) is 3.63. The number of carboxylic acids is 1. The van der Waals surface area contributed by atoms with E-state index in [0.29, 0.717) is 6.42 Å². The van der Waals surface area contributed by atoms with Gasteiger partial charge in [-0.3, -0.25) is 4.79 Å². The highest BCUT2D eigenvalue weighted by molar-refractivity contribution is 7.89. The van der Waals surface area contributed by atoms with Crippen LogP contribution < -0.4 is 0 Å². The van der Waals surface area contributed by atoms with E-state index in [1.54, 1.807) is 19.3 Å². The van der Waals surface area contributed by atoms with Gasteiger partial charge in [-0.25, -0.2) is 17.5 Å². The maximum Gasteiger partial charge on any atom is 0.307 e. The van der Waals surface area contributed by atoms with E-state index in [2.05, 4.69) is 5.10 Å². The molecule has 0 aliphatic carbocycles. The Morgan fingerprint density at radius 2 is 2.08 bits per heavy atom. The first-order chi connectivity index (χ1) is 12.2. The summed E-state index contributed by atoms with van der Waals surface area (Å²) < 4.78 is 42.7. The maximum atomic E-state index is 14.5. The Bertz CT molecular complexity index is 941. The standard InChI is InChI=1S/C17H20FN3O4S/c1-11-5-13(17(22)23)10-20(8-11)26(24,25)14-3-4-16(15(18)6-14)21-9-12(2)7-19-21/h3-4,6-7,9,11,13H,5,8,10H2,1-2H3,(H,22,23). The number of nitrogens with zero attached hydrogens (tertiary/aromatic N) is 3. The van der Waals surface area contributed by atoms with Crippen LogP contribution in [0, 0.1) is 24.6 Å². The molecular formula is C17H20FN3O4S. The van der Waals surface area contributed by atoms with Crippen molar-refractivity contribution < 1.29 is 22.7 Å². The minimum absolute atomic E-state index is 0.0872.